The van der Waals surface area contributed by atoms with Crippen molar-refractivity contribution >= 4 is 29.2 Å². The summed E-state index contributed by atoms with van der Waals surface area (Å²) in [5, 5.41) is 11.9. The third-order valence-electron chi connectivity index (χ3n) is 4.36. The number of benzene rings is 1. The molecule has 2 aromatic heterocycles. The lowest BCUT2D eigenvalue weighted by Gasteiger charge is -2.19. The fourth-order valence-electron chi connectivity index (χ4n) is 2.92. The Morgan fingerprint density at radius 2 is 1.74 bits per heavy atom. The van der Waals surface area contributed by atoms with Crippen molar-refractivity contribution in [3.8, 4) is 11.5 Å². The lowest BCUT2D eigenvalue weighted by Crippen LogP contribution is -2.32. The first-order chi connectivity index (χ1) is 15.2. The molecule has 1 aliphatic rings. The molecule has 0 aliphatic carbocycles. The van der Waals surface area contributed by atoms with Gasteiger partial charge in [-0.05, 0) is 36.8 Å². The molecule has 1 aromatic carbocycles. The highest BCUT2D eigenvalue weighted by molar-refractivity contribution is 5.89. The van der Waals surface area contributed by atoms with Gasteiger partial charge in [0, 0.05) is 37.1 Å². The van der Waals surface area contributed by atoms with Gasteiger partial charge in [-0.1, -0.05) is 0 Å². The number of urea groups is 1. The van der Waals surface area contributed by atoms with Gasteiger partial charge in [-0.3, -0.25) is 0 Å². The summed E-state index contributed by atoms with van der Waals surface area (Å²) in [7, 11) is 0. The molecule has 160 valence electrons. The second-order valence-electron chi connectivity index (χ2n) is 6.80. The molecular weight excluding hydrogens is 398 g/mol. The number of nitrogens with zero attached hydrogens (tertiary/aromatic N) is 3. The first kappa shape index (κ1) is 20.2. The van der Waals surface area contributed by atoms with Crippen LogP contribution in [0.1, 0.15) is 5.56 Å². The molecule has 10 nitrogen and oxygen atoms in total. The summed E-state index contributed by atoms with van der Waals surface area (Å²) in [6, 6.07) is 10.6. The summed E-state index contributed by atoms with van der Waals surface area (Å²) < 4.78 is 11.0. The molecule has 31 heavy (non-hydrogen) atoms. The number of aromatic nitrogens is 3. The molecule has 0 unspecified atom stereocenters. The molecule has 4 rings (SSSR count). The van der Waals surface area contributed by atoms with E-state index in [0.29, 0.717) is 60.9 Å². The number of rotatable bonds is 7. The minimum Gasteiger partial charge on any atom is -0.486 e. The number of aryl methyl sites for hydroxylation is 1. The number of anilines is 4. The summed E-state index contributed by atoms with van der Waals surface area (Å²) in [4.78, 5) is 24.8. The molecule has 0 saturated heterocycles. The summed E-state index contributed by atoms with van der Waals surface area (Å²) in [5.41, 5.74) is 1.73. The third-order valence-corrected chi connectivity index (χ3v) is 4.36. The lowest BCUT2D eigenvalue weighted by molar-refractivity contribution is 0.171. The average molecular weight is 421 g/mol. The number of carbonyl (C=O) groups is 1. The van der Waals surface area contributed by atoms with Crippen LogP contribution in [0.3, 0.4) is 0 Å². The van der Waals surface area contributed by atoms with Gasteiger partial charge in [0.15, 0.2) is 11.5 Å². The number of ether oxygens (including phenoxy) is 2. The number of pyridine rings is 1. The molecule has 3 heterocycles. The van der Waals surface area contributed by atoms with Gasteiger partial charge >= 0.3 is 6.03 Å². The van der Waals surface area contributed by atoms with Crippen LogP contribution >= 0.6 is 0 Å². The van der Waals surface area contributed by atoms with Gasteiger partial charge in [0.2, 0.25) is 0 Å². The zero-order chi connectivity index (χ0) is 21.5. The molecule has 3 aromatic rings. The predicted molar refractivity (Wildman–Crippen MR) is 117 cm³/mol. The molecule has 0 spiro atoms. The Labute approximate surface area is 179 Å². The van der Waals surface area contributed by atoms with E-state index >= 15 is 0 Å². The Morgan fingerprint density at radius 1 is 0.935 bits per heavy atom. The minimum atomic E-state index is -0.311. The van der Waals surface area contributed by atoms with Gasteiger partial charge < -0.3 is 30.7 Å². The fourth-order valence-corrected chi connectivity index (χ4v) is 2.92. The second kappa shape index (κ2) is 9.61. The molecule has 0 fully saturated rings. The van der Waals surface area contributed by atoms with Crippen LogP contribution in [0.25, 0.3) is 0 Å². The van der Waals surface area contributed by atoms with Crippen molar-refractivity contribution in [2.75, 3.05) is 42.3 Å². The van der Waals surface area contributed by atoms with Gasteiger partial charge in [-0.15, -0.1) is 0 Å². The zero-order valence-electron chi connectivity index (χ0n) is 17.0. The molecule has 0 radical (unpaired) electrons. The summed E-state index contributed by atoms with van der Waals surface area (Å²) in [6.45, 7) is 3.92. The minimum absolute atomic E-state index is 0.311. The Balaban J connectivity index is 1.22. The highest BCUT2D eigenvalue weighted by atomic mass is 16.6. The Morgan fingerprint density at radius 3 is 2.61 bits per heavy atom. The fraction of sp³-hybridized carbons (Fsp3) is 0.238. The van der Waals surface area contributed by atoms with E-state index in [-0.39, 0.29) is 6.03 Å². The van der Waals surface area contributed by atoms with Crippen LogP contribution in [0, 0.1) is 6.92 Å². The number of fused-ring (bicyclic) bond motifs is 1. The third kappa shape index (κ3) is 5.72. The lowest BCUT2D eigenvalue weighted by atomic mass is 10.2. The number of amides is 2. The second-order valence-corrected chi connectivity index (χ2v) is 6.80. The Hall–Kier alpha value is -4.08. The molecule has 0 atom stereocenters. The SMILES string of the molecule is Cc1ccnc(Nc2cc(NCCNC(=O)Nc3ccc4c(c3)OCCO4)ncn2)c1. The van der Waals surface area contributed by atoms with Crippen molar-refractivity contribution < 1.29 is 14.3 Å². The molecule has 1 aliphatic heterocycles. The molecule has 0 bridgehead atoms. The monoisotopic (exact) mass is 421 g/mol. The highest BCUT2D eigenvalue weighted by Gasteiger charge is 2.12. The largest absolute Gasteiger partial charge is 0.486 e. The highest BCUT2D eigenvalue weighted by Crippen LogP contribution is 2.32. The van der Waals surface area contributed by atoms with Crippen LogP contribution in [0.4, 0.5) is 27.9 Å². The van der Waals surface area contributed by atoms with Crippen LogP contribution in [0.15, 0.2) is 48.9 Å². The van der Waals surface area contributed by atoms with E-state index in [4.69, 9.17) is 9.47 Å². The Bertz CT molecular complexity index is 1060. The van der Waals surface area contributed by atoms with E-state index in [2.05, 4.69) is 36.2 Å². The van der Waals surface area contributed by atoms with E-state index in [1.165, 1.54) is 6.33 Å². The predicted octanol–water partition coefficient (Wildman–Crippen LogP) is 2.93. The smallest absolute Gasteiger partial charge is 0.319 e. The van der Waals surface area contributed by atoms with Crippen LogP contribution < -0.4 is 30.7 Å². The maximum Gasteiger partial charge on any atom is 0.319 e. The number of hydrogen-bond donors (Lipinski definition) is 4. The quantitative estimate of drug-likeness (QED) is 0.430. The van der Waals surface area contributed by atoms with Crippen LogP contribution in [0.2, 0.25) is 0 Å². The number of nitrogens with one attached hydrogen (secondary N) is 4. The normalized spacial score (nSPS) is 12.0. The van der Waals surface area contributed by atoms with Crippen molar-refractivity contribution in [2.45, 2.75) is 6.92 Å². The standard InChI is InChI=1S/C21H23N7O3/c1-14-4-5-22-19(10-14)28-20-12-18(25-13-26-20)23-6-7-24-21(29)27-15-2-3-16-17(11-15)31-9-8-30-16/h2-5,10-13H,6-9H2,1H3,(H2,24,27,29)(H2,22,23,25,26,28). The van der Waals surface area contributed by atoms with Crippen molar-refractivity contribution in [3.63, 3.8) is 0 Å². The van der Waals surface area contributed by atoms with Gasteiger partial charge in [0.1, 0.15) is 37.0 Å². The summed E-state index contributed by atoms with van der Waals surface area (Å²) in [5.74, 6) is 3.28. The van der Waals surface area contributed by atoms with Crippen molar-refractivity contribution in [3.05, 3.63) is 54.5 Å². The molecule has 10 heteroatoms. The van der Waals surface area contributed by atoms with E-state index in [0.717, 1.165) is 5.56 Å². The van der Waals surface area contributed by atoms with E-state index in [1.54, 1.807) is 30.5 Å². The van der Waals surface area contributed by atoms with Crippen LogP contribution in [-0.2, 0) is 0 Å². The first-order valence-corrected chi connectivity index (χ1v) is 9.86. The first-order valence-electron chi connectivity index (χ1n) is 9.86. The van der Waals surface area contributed by atoms with Crippen LogP contribution in [-0.4, -0.2) is 47.3 Å². The Kier molecular flexibility index (Phi) is 6.26. The maximum absolute atomic E-state index is 12.1. The molecule has 4 N–H and O–H groups in total. The van der Waals surface area contributed by atoms with E-state index in [1.807, 2.05) is 19.1 Å². The van der Waals surface area contributed by atoms with Crippen molar-refractivity contribution in [1.29, 1.82) is 0 Å². The van der Waals surface area contributed by atoms with Gasteiger partial charge in [0.25, 0.3) is 0 Å². The molecular formula is C21H23N7O3. The molecule has 0 saturated carbocycles. The topological polar surface area (TPSA) is 122 Å². The van der Waals surface area contributed by atoms with Crippen LogP contribution in [0.5, 0.6) is 11.5 Å². The van der Waals surface area contributed by atoms with Crippen molar-refractivity contribution in [1.82, 2.24) is 20.3 Å². The van der Waals surface area contributed by atoms with E-state index in [9.17, 15) is 4.79 Å². The number of carbonyl (C=O) groups excluding carboxylic acids is 1. The van der Waals surface area contributed by atoms with Gasteiger partial charge in [0.05, 0.1) is 0 Å². The molecule has 2 amide bonds. The van der Waals surface area contributed by atoms with Gasteiger partial charge in [-0.2, -0.15) is 0 Å². The summed E-state index contributed by atoms with van der Waals surface area (Å²) in [6.07, 6.45) is 3.20. The number of hydrogen-bond acceptors (Lipinski definition) is 8. The van der Waals surface area contributed by atoms with Crippen molar-refractivity contribution in [2.24, 2.45) is 0 Å². The zero-order valence-corrected chi connectivity index (χ0v) is 17.0. The van der Waals surface area contributed by atoms with Gasteiger partial charge in [-0.25, -0.2) is 19.7 Å². The summed E-state index contributed by atoms with van der Waals surface area (Å²) >= 11 is 0. The maximum atomic E-state index is 12.1. The average Bonchev–Trinajstić information content (AvgIpc) is 2.77. The van der Waals surface area contributed by atoms with E-state index < -0.39 is 0 Å².